The van der Waals surface area contributed by atoms with Crippen molar-refractivity contribution in [3.05, 3.63) is 34.4 Å². The summed E-state index contributed by atoms with van der Waals surface area (Å²) in [5.74, 6) is 0.340. The molecule has 1 fully saturated rings. The van der Waals surface area contributed by atoms with E-state index in [0.717, 1.165) is 39.1 Å². The van der Waals surface area contributed by atoms with Crippen molar-refractivity contribution in [2.24, 2.45) is 5.92 Å². The predicted octanol–water partition coefficient (Wildman–Crippen LogP) is 2.28. The SMILES string of the molecule is CCOCC1CCN(CC(=O)Nc2ccccc2[N+](=O)[O-])CC1. The van der Waals surface area contributed by atoms with Gasteiger partial charge in [0, 0.05) is 19.3 Å². The maximum absolute atomic E-state index is 12.1. The van der Waals surface area contributed by atoms with E-state index in [1.807, 2.05) is 6.92 Å². The topological polar surface area (TPSA) is 84.7 Å². The lowest BCUT2D eigenvalue weighted by atomic mass is 9.98. The number of likely N-dealkylation sites (tertiary alicyclic amines) is 1. The summed E-state index contributed by atoms with van der Waals surface area (Å²) in [4.78, 5) is 24.6. The fourth-order valence-electron chi connectivity index (χ4n) is 2.73. The van der Waals surface area contributed by atoms with Crippen molar-refractivity contribution in [1.82, 2.24) is 4.90 Å². The van der Waals surface area contributed by atoms with Crippen molar-refractivity contribution >= 4 is 17.3 Å². The minimum atomic E-state index is -0.491. The molecule has 7 heteroatoms. The number of benzene rings is 1. The molecular weight excluding hydrogens is 298 g/mol. The molecule has 0 atom stereocenters. The molecule has 0 radical (unpaired) electrons. The summed E-state index contributed by atoms with van der Waals surface area (Å²) in [5.41, 5.74) is 0.157. The van der Waals surface area contributed by atoms with E-state index < -0.39 is 4.92 Å². The van der Waals surface area contributed by atoms with E-state index in [9.17, 15) is 14.9 Å². The molecule has 1 aliphatic rings. The highest BCUT2D eigenvalue weighted by Crippen LogP contribution is 2.23. The van der Waals surface area contributed by atoms with Crippen LogP contribution in [0.4, 0.5) is 11.4 Å². The van der Waals surface area contributed by atoms with E-state index in [1.165, 1.54) is 6.07 Å². The van der Waals surface area contributed by atoms with Crippen molar-refractivity contribution in [2.45, 2.75) is 19.8 Å². The summed E-state index contributed by atoms with van der Waals surface area (Å²) < 4.78 is 5.44. The number of carbonyl (C=O) groups excluding carboxylic acids is 1. The molecule has 1 heterocycles. The van der Waals surface area contributed by atoms with Crippen LogP contribution in [-0.4, -0.2) is 48.6 Å². The number of anilines is 1. The van der Waals surface area contributed by atoms with Crippen molar-refractivity contribution in [3.8, 4) is 0 Å². The summed E-state index contributed by atoms with van der Waals surface area (Å²) in [7, 11) is 0. The Hall–Kier alpha value is -1.99. The van der Waals surface area contributed by atoms with Gasteiger partial charge in [0.2, 0.25) is 5.91 Å². The number of ether oxygens (including phenoxy) is 1. The van der Waals surface area contributed by atoms with Crippen LogP contribution in [0.15, 0.2) is 24.3 Å². The Balaban J connectivity index is 1.81. The zero-order chi connectivity index (χ0) is 16.7. The van der Waals surface area contributed by atoms with Crippen molar-refractivity contribution in [2.75, 3.05) is 38.2 Å². The van der Waals surface area contributed by atoms with Gasteiger partial charge in [-0.05, 0) is 44.8 Å². The van der Waals surface area contributed by atoms with E-state index in [4.69, 9.17) is 4.74 Å². The lowest BCUT2D eigenvalue weighted by molar-refractivity contribution is -0.383. The molecule has 0 spiro atoms. The molecule has 0 aromatic heterocycles. The van der Waals surface area contributed by atoms with Gasteiger partial charge in [-0.25, -0.2) is 0 Å². The molecule has 2 rings (SSSR count). The third-order valence-corrected chi connectivity index (χ3v) is 4.01. The summed E-state index contributed by atoms with van der Waals surface area (Å²) >= 11 is 0. The van der Waals surface area contributed by atoms with Gasteiger partial charge in [-0.2, -0.15) is 0 Å². The van der Waals surface area contributed by atoms with Gasteiger partial charge in [0.05, 0.1) is 11.5 Å². The lowest BCUT2D eigenvalue weighted by Gasteiger charge is -2.31. The molecule has 1 aromatic carbocycles. The number of nitrogens with zero attached hydrogens (tertiary/aromatic N) is 2. The van der Waals surface area contributed by atoms with Crippen molar-refractivity contribution < 1.29 is 14.5 Å². The normalized spacial score (nSPS) is 16.2. The maximum Gasteiger partial charge on any atom is 0.292 e. The van der Waals surface area contributed by atoms with E-state index in [2.05, 4.69) is 10.2 Å². The van der Waals surface area contributed by atoms with Crippen LogP contribution in [0, 0.1) is 16.0 Å². The summed E-state index contributed by atoms with van der Waals surface area (Å²) in [6.07, 6.45) is 2.03. The highest BCUT2D eigenvalue weighted by molar-refractivity contribution is 5.94. The van der Waals surface area contributed by atoms with Crippen molar-refractivity contribution in [3.63, 3.8) is 0 Å². The lowest BCUT2D eigenvalue weighted by Crippen LogP contribution is -2.40. The Labute approximate surface area is 135 Å². The summed E-state index contributed by atoms with van der Waals surface area (Å²) in [5, 5.41) is 13.6. The number of carbonyl (C=O) groups is 1. The standard InChI is InChI=1S/C16H23N3O4/c1-2-23-12-13-7-9-18(10-8-13)11-16(20)17-14-5-3-4-6-15(14)19(21)22/h3-6,13H,2,7-12H2,1H3,(H,17,20). The van der Waals surface area contributed by atoms with E-state index in [-0.39, 0.29) is 23.8 Å². The Morgan fingerprint density at radius 1 is 1.39 bits per heavy atom. The first kappa shape index (κ1) is 17.4. The second kappa shape index (κ2) is 8.59. The number of nitrogens with one attached hydrogen (secondary N) is 1. The third-order valence-electron chi connectivity index (χ3n) is 4.01. The van der Waals surface area contributed by atoms with Crippen LogP contribution in [0.3, 0.4) is 0 Å². The van der Waals surface area contributed by atoms with E-state index in [1.54, 1.807) is 18.2 Å². The highest BCUT2D eigenvalue weighted by Gasteiger charge is 2.22. The number of piperidine rings is 1. The minimum absolute atomic E-state index is 0.0868. The number of nitro benzene ring substituents is 1. The Kier molecular flexibility index (Phi) is 6.49. The molecule has 23 heavy (non-hydrogen) atoms. The average Bonchev–Trinajstić information content (AvgIpc) is 2.54. The molecule has 1 aliphatic heterocycles. The van der Waals surface area contributed by atoms with Crippen LogP contribution in [0.1, 0.15) is 19.8 Å². The molecule has 1 amide bonds. The number of nitro groups is 1. The van der Waals surface area contributed by atoms with Gasteiger partial charge in [0.1, 0.15) is 5.69 Å². The van der Waals surface area contributed by atoms with Gasteiger partial charge >= 0.3 is 0 Å². The van der Waals surface area contributed by atoms with E-state index >= 15 is 0 Å². The second-order valence-electron chi connectivity index (χ2n) is 5.70. The number of rotatable bonds is 7. The van der Waals surface area contributed by atoms with Crippen LogP contribution in [0.25, 0.3) is 0 Å². The minimum Gasteiger partial charge on any atom is -0.381 e. The maximum atomic E-state index is 12.1. The van der Waals surface area contributed by atoms with E-state index in [0.29, 0.717) is 5.92 Å². The number of amides is 1. The molecule has 1 saturated heterocycles. The molecule has 0 saturated carbocycles. The van der Waals surface area contributed by atoms with Gasteiger partial charge < -0.3 is 10.1 Å². The number of para-hydroxylation sites is 2. The van der Waals surface area contributed by atoms with Crippen molar-refractivity contribution in [1.29, 1.82) is 0 Å². The zero-order valence-corrected chi connectivity index (χ0v) is 13.4. The Morgan fingerprint density at radius 3 is 2.74 bits per heavy atom. The molecule has 1 N–H and O–H groups in total. The van der Waals surface area contributed by atoms with Crippen LogP contribution in [-0.2, 0) is 9.53 Å². The molecule has 0 aliphatic carbocycles. The third kappa shape index (κ3) is 5.30. The van der Waals surface area contributed by atoms with Crippen LogP contribution >= 0.6 is 0 Å². The molecule has 126 valence electrons. The second-order valence-corrected chi connectivity index (χ2v) is 5.70. The summed E-state index contributed by atoms with van der Waals surface area (Å²) in [6.45, 7) is 5.46. The van der Waals surface area contributed by atoms with Gasteiger partial charge in [-0.3, -0.25) is 19.8 Å². The molecule has 7 nitrogen and oxygen atoms in total. The predicted molar refractivity (Wildman–Crippen MR) is 87.4 cm³/mol. The van der Waals surface area contributed by atoms with Gasteiger partial charge in [-0.1, -0.05) is 12.1 Å². The van der Waals surface area contributed by atoms with Crippen LogP contribution in [0.5, 0.6) is 0 Å². The largest absolute Gasteiger partial charge is 0.381 e. The van der Waals surface area contributed by atoms with Gasteiger partial charge in [0.15, 0.2) is 0 Å². The quantitative estimate of drug-likeness (QED) is 0.615. The number of hydrogen-bond donors (Lipinski definition) is 1. The number of hydrogen-bond acceptors (Lipinski definition) is 5. The van der Waals surface area contributed by atoms with Gasteiger partial charge in [0.25, 0.3) is 5.69 Å². The molecule has 1 aromatic rings. The smallest absolute Gasteiger partial charge is 0.292 e. The molecule has 0 bridgehead atoms. The first-order chi connectivity index (χ1) is 11.1. The van der Waals surface area contributed by atoms with Crippen LogP contribution < -0.4 is 5.32 Å². The average molecular weight is 321 g/mol. The Bertz CT molecular complexity index is 542. The first-order valence-electron chi connectivity index (χ1n) is 7.93. The monoisotopic (exact) mass is 321 g/mol. The fraction of sp³-hybridized carbons (Fsp3) is 0.562. The summed E-state index contributed by atoms with van der Waals surface area (Å²) in [6, 6.07) is 6.18. The highest BCUT2D eigenvalue weighted by atomic mass is 16.6. The molecular formula is C16H23N3O4. The van der Waals surface area contributed by atoms with Crippen LogP contribution in [0.2, 0.25) is 0 Å². The molecule has 0 unspecified atom stereocenters. The zero-order valence-electron chi connectivity index (χ0n) is 13.4. The Morgan fingerprint density at radius 2 is 2.09 bits per heavy atom. The first-order valence-corrected chi connectivity index (χ1v) is 7.93. The van der Waals surface area contributed by atoms with Gasteiger partial charge in [-0.15, -0.1) is 0 Å². The fourth-order valence-corrected chi connectivity index (χ4v) is 2.73.